The Morgan fingerprint density at radius 2 is 1.76 bits per heavy atom. The van der Waals surface area contributed by atoms with Gasteiger partial charge in [-0.2, -0.15) is 0 Å². The summed E-state index contributed by atoms with van der Waals surface area (Å²) in [6, 6.07) is 15.8. The Bertz CT molecular complexity index is 1390. The fraction of sp³-hybridized carbons (Fsp3) is 0.310. The molecule has 7 nitrogen and oxygen atoms in total. The van der Waals surface area contributed by atoms with Crippen molar-refractivity contribution in [3.63, 3.8) is 0 Å². The van der Waals surface area contributed by atoms with E-state index in [2.05, 4.69) is 5.32 Å². The van der Waals surface area contributed by atoms with Gasteiger partial charge >= 0.3 is 0 Å². The van der Waals surface area contributed by atoms with Gasteiger partial charge in [-0.25, -0.2) is 0 Å². The zero-order valence-corrected chi connectivity index (χ0v) is 23.8. The number of carbonyl (C=O) groups excluding carboxylic acids is 2. The first-order valence-electron chi connectivity index (χ1n) is 12.1. The van der Waals surface area contributed by atoms with Crippen molar-refractivity contribution in [2.24, 2.45) is 0 Å². The summed E-state index contributed by atoms with van der Waals surface area (Å²) >= 11 is 13.1. The molecule has 1 heterocycles. The molecular weight excluding hydrogens is 525 g/mol. The Balaban J connectivity index is 1.78. The number of nitrogens with zero attached hydrogens (tertiary/aromatic N) is 2. The number of rotatable bonds is 8. The number of anilines is 2. The molecule has 0 saturated heterocycles. The predicted octanol–water partition coefficient (Wildman–Crippen LogP) is 5.75. The van der Waals surface area contributed by atoms with E-state index in [1.165, 1.54) is 0 Å². The normalized spacial score (nSPS) is 17.4. The largest absolute Gasteiger partial charge is 0.497 e. The summed E-state index contributed by atoms with van der Waals surface area (Å²) in [5.74, 6) is 0.936. The third-order valence-corrected chi connectivity index (χ3v) is 7.77. The molecule has 0 fully saturated rings. The van der Waals surface area contributed by atoms with Crippen LogP contribution in [-0.2, 0) is 21.5 Å². The molecular formula is C29H31Cl2N3O4. The number of amides is 2. The first-order chi connectivity index (χ1) is 18.0. The van der Waals surface area contributed by atoms with E-state index in [1.807, 2.05) is 51.0 Å². The molecule has 1 aliphatic rings. The van der Waals surface area contributed by atoms with E-state index < -0.39 is 5.41 Å². The van der Waals surface area contributed by atoms with Crippen LogP contribution in [0.1, 0.15) is 30.5 Å². The molecule has 0 aliphatic carbocycles. The van der Waals surface area contributed by atoms with Gasteiger partial charge in [-0.3, -0.25) is 14.5 Å². The zero-order valence-electron chi connectivity index (χ0n) is 22.3. The number of halogens is 2. The zero-order chi connectivity index (χ0) is 27.8. The van der Waals surface area contributed by atoms with Gasteiger partial charge in [0, 0.05) is 33.0 Å². The third-order valence-electron chi connectivity index (χ3n) is 7.21. The SMILES string of the molecule is COc1ccc(CN2C(=O)C(C)(c3cc(NC(=O)C(C)N(C)C)ccc3Cl)c3cc(Cl)ccc32)c(OC)c1. The molecule has 0 bridgehead atoms. The number of methoxy groups -OCH3 is 2. The van der Waals surface area contributed by atoms with Crippen LogP contribution in [0.3, 0.4) is 0 Å². The minimum absolute atomic E-state index is 0.164. The molecule has 4 rings (SSSR count). The van der Waals surface area contributed by atoms with Crippen LogP contribution >= 0.6 is 23.2 Å². The standard InChI is InChI=1S/C29H31Cl2N3O4/c1-17(33(3)4)27(35)32-20-9-11-24(31)22(14-20)29(2)23-13-19(30)8-12-25(23)34(28(29)36)16-18-7-10-21(37-5)15-26(18)38-6/h7-15,17H,16H2,1-6H3,(H,32,35). The van der Waals surface area contributed by atoms with Gasteiger partial charge in [-0.15, -0.1) is 0 Å². The first kappa shape index (κ1) is 27.8. The molecule has 3 aromatic carbocycles. The van der Waals surface area contributed by atoms with Crippen molar-refractivity contribution in [2.75, 3.05) is 38.5 Å². The summed E-state index contributed by atoms with van der Waals surface area (Å²) < 4.78 is 10.9. The smallest absolute Gasteiger partial charge is 0.242 e. The first-order valence-corrected chi connectivity index (χ1v) is 12.9. The van der Waals surface area contributed by atoms with Crippen LogP contribution in [0.2, 0.25) is 10.0 Å². The van der Waals surface area contributed by atoms with Crippen molar-refractivity contribution in [1.29, 1.82) is 0 Å². The van der Waals surface area contributed by atoms with Gasteiger partial charge in [-0.05, 0) is 87.6 Å². The average molecular weight is 556 g/mol. The highest BCUT2D eigenvalue weighted by Crippen LogP contribution is 2.50. The number of carbonyl (C=O) groups is 2. The molecule has 0 spiro atoms. The maximum atomic E-state index is 14.3. The van der Waals surface area contributed by atoms with Gasteiger partial charge in [-0.1, -0.05) is 23.2 Å². The van der Waals surface area contributed by atoms with E-state index in [0.29, 0.717) is 32.8 Å². The fourth-order valence-electron chi connectivity index (χ4n) is 4.68. The van der Waals surface area contributed by atoms with Crippen molar-refractivity contribution in [3.8, 4) is 11.5 Å². The molecule has 3 aromatic rings. The lowest BCUT2D eigenvalue weighted by atomic mass is 9.77. The quantitative estimate of drug-likeness (QED) is 0.383. The second-order valence-electron chi connectivity index (χ2n) is 9.68. The second kappa shape index (κ2) is 10.8. The Kier molecular flexibility index (Phi) is 7.93. The summed E-state index contributed by atoms with van der Waals surface area (Å²) in [4.78, 5) is 30.5. The summed E-state index contributed by atoms with van der Waals surface area (Å²) in [5, 5.41) is 3.86. The summed E-state index contributed by atoms with van der Waals surface area (Å²) in [5.41, 5.74) is 2.26. The molecule has 1 aliphatic heterocycles. The van der Waals surface area contributed by atoms with Crippen LogP contribution in [0, 0.1) is 0 Å². The molecule has 200 valence electrons. The lowest BCUT2D eigenvalue weighted by Crippen LogP contribution is -2.39. The lowest BCUT2D eigenvalue weighted by Gasteiger charge is -2.27. The van der Waals surface area contributed by atoms with Crippen LogP contribution in [-0.4, -0.2) is 51.1 Å². The highest BCUT2D eigenvalue weighted by atomic mass is 35.5. The molecule has 0 saturated carbocycles. The molecule has 2 unspecified atom stereocenters. The van der Waals surface area contributed by atoms with Crippen LogP contribution in [0.5, 0.6) is 11.5 Å². The topological polar surface area (TPSA) is 71.1 Å². The minimum Gasteiger partial charge on any atom is -0.497 e. The molecule has 9 heteroatoms. The molecule has 0 radical (unpaired) electrons. The van der Waals surface area contributed by atoms with Gasteiger partial charge in [0.15, 0.2) is 0 Å². The number of nitrogens with one attached hydrogen (secondary N) is 1. The van der Waals surface area contributed by atoms with Crippen LogP contribution < -0.4 is 19.7 Å². The van der Waals surface area contributed by atoms with Crippen molar-refractivity contribution in [2.45, 2.75) is 31.8 Å². The fourth-order valence-corrected chi connectivity index (χ4v) is 5.15. The Morgan fingerprint density at radius 3 is 2.42 bits per heavy atom. The van der Waals surface area contributed by atoms with Crippen molar-refractivity contribution < 1.29 is 19.1 Å². The molecule has 1 N–H and O–H groups in total. The lowest BCUT2D eigenvalue weighted by molar-refractivity contribution is -0.121. The van der Waals surface area contributed by atoms with E-state index >= 15 is 0 Å². The highest BCUT2D eigenvalue weighted by Gasteiger charge is 2.50. The minimum atomic E-state index is -1.15. The van der Waals surface area contributed by atoms with E-state index in [1.54, 1.807) is 55.5 Å². The third kappa shape index (κ3) is 4.94. The molecule has 0 aromatic heterocycles. The van der Waals surface area contributed by atoms with E-state index in [0.717, 1.165) is 16.8 Å². The van der Waals surface area contributed by atoms with Crippen LogP contribution in [0.25, 0.3) is 0 Å². The average Bonchev–Trinajstić information content (AvgIpc) is 3.11. The summed E-state index contributed by atoms with van der Waals surface area (Å²) in [6.45, 7) is 3.92. The van der Waals surface area contributed by atoms with Crippen LogP contribution in [0.4, 0.5) is 11.4 Å². The number of fused-ring (bicyclic) bond motifs is 1. The number of hydrogen-bond acceptors (Lipinski definition) is 5. The number of ether oxygens (including phenoxy) is 2. The van der Waals surface area contributed by atoms with Crippen LogP contribution in [0.15, 0.2) is 54.6 Å². The summed E-state index contributed by atoms with van der Waals surface area (Å²) in [7, 11) is 6.84. The van der Waals surface area contributed by atoms with Crippen molar-refractivity contribution >= 4 is 46.4 Å². The van der Waals surface area contributed by atoms with E-state index in [4.69, 9.17) is 32.7 Å². The van der Waals surface area contributed by atoms with E-state index in [-0.39, 0.29) is 24.4 Å². The Hall–Kier alpha value is -3.26. The van der Waals surface area contributed by atoms with E-state index in [9.17, 15) is 9.59 Å². The van der Waals surface area contributed by atoms with Gasteiger partial charge < -0.3 is 19.7 Å². The van der Waals surface area contributed by atoms with Crippen molar-refractivity contribution in [3.05, 3.63) is 81.3 Å². The Morgan fingerprint density at radius 1 is 1.03 bits per heavy atom. The maximum Gasteiger partial charge on any atom is 0.242 e. The molecule has 2 amide bonds. The summed E-state index contributed by atoms with van der Waals surface area (Å²) in [6.07, 6.45) is 0. The van der Waals surface area contributed by atoms with Crippen molar-refractivity contribution in [1.82, 2.24) is 4.90 Å². The highest BCUT2D eigenvalue weighted by molar-refractivity contribution is 6.33. The molecule has 2 atom stereocenters. The number of hydrogen-bond donors (Lipinski definition) is 1. The van der Waals surface area contributed by atoms with Gasteiger partial charge in [0.2, 0.25) is 11.8 Å². The Labute approximate surface area is 233 Å². The number of likely N-dealkylation sites (N-methyl/N-ethyl adjacent to an activating group) is 1. The van der Waals surface area contributed by atoms with Gasteiger partial charge in [0.1, 0.15) is 16.9 Å². The predicted molar refractivity (Wildman–Crippen MR) is 152 cm³/mol. The van der Waals surface area contributed by atoms with Gasteiger partial charge in [0.25, 0.3) is 0 Å². The maximum absolute atomic E-state index is 14.3. The van der Waals surface area contributed by atoms with Gasteiger partial charge in [0.05, 0.1) is 26.8 Å². The number of benzene rings is 3. The monoisotopic (exact) mass is 555 g/mol. The second-order valence-corrected chi connectivity index (χ2v) is 10.5. The molecule has 38 heavy (non-hydrogen) atoms.